The van der Waals surface area contributed by atoms with Gasteiger partial charge in [0.1, 0.15) is 11.9 Å². The van der Waals surface area contributed by atoms with Gasteiger partial charge in [0.15, 0.2) is 5.69 Å². The Hall–Kier alpha value is -2.94. The fourth-order valence-electron chi connectivity index (χ4n) is 5.44. The van der Waals surface area contributed by atoms with Crippen molar-refractivity contribution in [3.05, 3.63) is 41.2 Å². The number of nitrogens with zero attached hydrogens (tertiary/aromatic N) is 4. The topological polar surface area (TPSA) is 98.6 Å². The maximum absolute atomic E-state index is 13.2. The van der Waals surface area contributed by atoms with Gasteiger partial charge in [-0.15, -0.1) is 5.10 Å². The van der Waals surface area contributed by atoms with E-state index in [0.717, 1.165) is 24.2 Å². The second kappa shape index (κ2) is 10.8. The number of nitrogens with one attached hydrogen (secondary N) is 1. The Morgan fingerprint density at radius 2 is 1.74 bits per heavy atom. The van der Waals surface area contributed by atoms with Gasteiger partial charge >= 0.3 is 0 Å². The second-order valence-electron chi connectivity index (χ2n) is 9.90. The number of amides is 2. The largest absolute Gasteiger partial charge is 0.497 e. The summed E-state index contributed by atoms with van der Waals surface area (Å²) in [5.74, 6) is 0.804. The number of likely N-dealkylation sites (tertiary alicyclic amines) is 1. The Morgan fingerprint density at radius 1 is 1.03 bits per heavy atom. The van der Waals surface area contributed by atoms with Crippen molar-refractivity contribution in [2.45, 2.75) is 76.7 Å². The van der Waals surface area contributed by atoms with Crippen LogP contribution in [0.25, 0.3) is 0 Å². The number of hydrogen-bond acceptors (Lipinski definition) is 6. The Morgan fingerprint density at radius 3 is 2.43 bits per heavy atom. The van der Waals surface area contributed by atoms with E-state index in [-0.39, 0.29) is 30.4 Å². The molecule has 1 aromatic heterocycles. The van der Waals surface area contributed by atoms with Crippen molar-refractivity contribution >= 4 is 11.8 Å². The van der Waals surface area contributed by atoms with Crippen LogP contribution in [0.15, 0.2) is 24.3 Å². The molecule has 1 N–H and O–H groups in total. The standard InChI is InChI=1S/C26H35N5O4/c1-34-21-10-8-18(9-11-21)23-16-31-22(17-35-23)24(28-29-31)26(33)30-14-12-19(13-15-30)25(32)27-20-6-4-2-3-5-7-20/h8-11,19-20,23H,2-7,12-17H2,1H3,(H,27,32). The van der Waals surface area contributed by atoms with Crippen LogP contribution in [0, 0.1) is 5.92 Å². The van der Waals surface area contributed by atoms with Gasteiger partial charge < -0.3 is 19.7 Å². The molecule has 1 aromatic carbocycles. The molecule has 2 aromatic rings. The molecule has 2 aliphatic heterocycles. The van der Waals surface area contributed by atoms with Crippen molar-refractivity contribution in [3.63, 3.8) is 0 Å². The summed E-state index contributed by atoms with van der Waals surface area (Å²) >= 11 is 0. The third-order valence-corrected chi connectivity index (χ3v) is 7.64. The van der Waals surface area contributed by atoms with Gasteiger partial charge in [-0.05, 0) is 43.4 Å². The Balaban J connectivity index is 1.15. The first-order valence-electron chi connectivity index (χ1n) is 12.9. The van der Waals surface area contributed by atoms with Crippen molar-refractivity contribution in [1.29, 1.82) is 0 Å². The van der Waals surface area contributed by atoms with E-state index in [1.54, 1.807) is 16.7 Å². The number of aromatic nitrogens is 3. The van der Waals surface area contributed by atoms with Crippen LogP contribution in [0.5, 0.6) is 5.75 Å². The minimum Gasteiger partial charge on any atom is -0.497 e. The Bertz CT molecular complexity index is 1020. The summed E-state index contributed by atoms with van der Waals surface area (Å²) in [6.07, 6.45) is 8.33. The van der Waals surface area contributed by atoms with E-state index in [1.807, 2.05) is 24.3 Å². The molecule has 5 rings (SSSR count). The third kappa shape index (κ3) is 5.34. The highest BCUT2D eigenvalue weighted by molar-refractivity contribution is 5.93. The molecular weight excluding hydrogens is 446 g/mol. The molecular formula is C26H35N5O4. The quantitative estimate of drug-likeness (QED) is 0.659. The Labute approximate surface area is 206 Å². The van der Waals surface area contributed by atoms with Crippen LogP contribution in [0.1, 0.15) is 79.2 Å². The lowest BCUT2D eigenvalue weighted by molar-refractivity contribution is -0.127. The molecule has 1 saturated heterocycles. The fourth-order valence-corrected chi connectivity index (χ4v) is 5.44. The SMILES string of the molecule is COc1ccc(C2Cn3nnc(C(=O)N4CCC(C(=O)NC5CCCCCC5)CC4)c3CO2)cc1. The van der Waals surface area contributed by atoms with Gasteiger partial charge in [0.05, 0.1) is 26.0 Å². The molecule has 188 valence electrons. The van der Waals surface area contributed by atoms with Crippen LogP contribution in [0.4, 0.5) is 0 Å². The van der Waals surface area contributed by atoms with Gasteiger partial charge in [0.25, 0.3) is 5.91 Å². The van der Waals surface area contributed by atoms with Gasteiger partial charge in [0, 0.05) is 25.0 Å². The van der Waals surface area contributed by atoms with Crippen LogP contribution < -0.4 is 10.1 Å². The fraction of sp³-hybridized carbons (Fsp3) is 0.615. The van der Waals surface area contributed by atoms with Gasteiger partial charge in [-0.1, -0.05) is 43.0 Å². The summed E-state index contributed by atoms with van der Waals surface area (Å²) < 4.78 is 13.1. The molecule has 0 radical (unpaired) electrons. The number of methoxy groups -OCH3 is 1. The summed E-state index contributed by atoms with van der Waals surface area (Å²) in [6, 6.07) is 8.09. The number of piperidine rings is 1. The molecule has 9 heteroatoms. The number of fused-ring (bicyclic) bond motifs is 1. The van der Waals surface area contributed by atoms with Crippen molar-refractivity contribution in [3.8, 4) is 5.75 Å². The van der Waals surface area contributed by atoms with E-state index in [4.69, 9.17) is 9.47 Å². The van der Waals surface area contributed by atoms with Crippen LogP contribution in [0.3, 0.4) is 0 Å². The maximum Gasteiger partial charge on any atom is 0.276 e. The monoisotopic (exact) mass is 481 g/mol. The van der Waals surface area contributed by atoms with Crippen LogP contribution in [-0.2, 0) is 22.7 Å². The van der Waals surface area contributed by atoms with E-state index in [0.29, 0.717) is 49.9 Å². The summed E-state index contributed by atoms with van der Waals surface area (Å²) in [5, 5.41) is 11.7. The first-order chi connectivity index (χ1) is 17.1. The van der Waals surface area contributed by atoms with Crippen LogP contribution in [-0.4, -0.2) is 57.9 Å². The molecule has 1 saturated carbocycles. The summed E-state index contributed by atoms with van der Waals surface area (Å²) in [7, 11) is 1.64. The highest BCUT2D eigenvalue weighted by atomic mass is 16.5. The number of benzene rings is 1. The van der Waals surface area contributed by atoms with Crippen molar-refractivity contribution in [2.24, 2.45) is 5.92 Å². The molecule has 3 heterocycles. The van der Waals surface area contributed by atoms with Crippen molar-refractivity contribution < 1.29 is 19.1 Å². The smallest absolute Gasteiger partial charge is 0.276 e. The van der Waals surface area contributed by atoms with E-state index in [1.165, 1.54) is 25.7 Å². The molecule has 0 spiro atoms. The first kappa shape index (κ1) is 23.8. The van der Waals surface area contributed by atoms with E-state index >= 15 is 0 Å². The number of carbonyl (C=O) groups excluding carboxylic acids is 2. The van der Waals surface area contributed by atoms with Crippen molar-refractivity contribution in [1.82, 2.24) is 25.2 Å². The normalized spacial score (nSPS) is 21.7. The van der Waals surface area contributed by atoms with E-state index < -0.39 is 0 Å². The number of rotatable bonds is 5. The first-order valence-corrected chi connectivity index (χ1v) is 12.9. The lowest BCUT2D eigenvalue weighted by Crippen LogP contribution is -2.45. The van der Waals surface area contributed by atoms with Crippen LogP contribution in [0.2, 0.25) is 0 Å². The molecule has 35 heavy (non-hydrogen) atoms. The van der Waals surface area contributed by atoms with Crippen molar-refractivity contribution in [2.75, 3.05) is 20.2 Å². The Kier molecular flexibility index (Phi) is 7.32. The minimum atomic E-state index is -0.152. The molecule has 1 aliphatic carbocycles. The summed E-state index contributed by atoms with van der Waals surface area (Å²) in [5.41, 5.74) is 2.11. The molecule has 3 aliphatic rings. The molecule has 1 unspecified atom stereocenters. The van der Waals surface area contributed by atoms with E-state index in [9.17, 15) is 9.59 Å². The number of hydrogen-bond donors (Lipinski definition) is 1. The van der Waals surface area contributed by atoms with Gasteiger partial charge in [-0.25, -0.2) is 4.68 Å². The lowest BCUT2D eigenvalue weighted by Gasteiger charge is -2.32. The van der Waals surface area contributed by atoms with Gasteiger partial charge in [-0.2, -0.15) is 0 Å². The lowest BCUT2D eigenvalue weighted by atomic mass is 9.94. The number of carbonyl (C=O) groups is 2. The highest BCUT2D eigenvalue weighted by Gasteiger charge is 2.33. The van der Waals surface area contributed by atoms with E-state index in [2.05, 4.69) is 15.6 Å². The maximum atomic E-state index is 13.2. The predicted octanol–water partition coefficient (Wildman–Crippen LogP) is 3.25. The third-order valence-electron chi connectivity index (χ3n) is 7.64. The zero-order valence-corrected chi connectivity index (χ0v) is 20.4. The average molecular weight is 482 g/mol. The molecule has 1 atom stereocenters. The molecule has 0 bridgehead atoms. The summed E-state index contributed by atoms with van der Waals surface area (Å²) in [4.78, 5) is 27.8. The van der Waals surface area contributed by atoms with Crippen LogP contribution >= 0.6 is 0 Å². The second-order valence-corrected chi connectivity index (χ2v) is 9.90. The zero-order chi connectivity index (χ0) is 24.2. The average Bonchev–Trinajstić information content (AvgIpc) is 3.16. The number of ether oxygens (including phenoxy) is 2. The molecule has 2 amide bonds. The highest BCUT2D eigenvalue weighted by Crippen LogP contribution is 2.29. The molecule has 9 nitrogen and oxygen atoms in total. The predicted molar refractivity (Wildman–Crippen MR) is 129 cm³/mol. The summed E-state index contributed by atoms with van der Waals surface area (Å²) in [6.45, 7) is 1.91. The van der Waals surface area contributed by atoms with Gasteiger partial charge in [0.2, 0.25) is 5.91 Å². The molecule has 2 fully saturated rings. The van der Waals surface area contributed by atoms with Gasteiger partial charge in [-0.3, -0.25) is 9.59 Å². The zero-order valence-electron chi connectivity index (χ0n) is 20.4. The minimum absolute atomic E-state index is 0.0232.